The third kappa shape index (κ3) is 3.16. The van der Waals surface area contributed by atoms with E-state index < -0.39 is 5.97 Å². The van der Waals surface area contributed by atoms with Crippen LogP contribution in [0.3, 0.4) is 0 Å². The molecule has 6 heteroatoms. The van der Waals surface area contributed by atoms with Crippen LogP contribution >= 0.6 is 0 Å². The Morgan fingerprint density at radius 1 is 1.22 bits per heavy atom. The Kier molecular flexibility index (Phi) is 4.09. The van der Waals surface area contributed by atoms with Gasteiger partial charge in [0.05, 0.1) is 24.5 Å². The van der Waals surface area contributed by atoms with E-state index in [4.69, 9.17) is 5.11 Å². The topological polar surface area (TPSA) is 95.3 Å². The van der Waals surface area contributed by atoms with E-state index in [2.05, 4.69) is 15.3 Å². The summed E-state index contributed by atoms with van der Waals surface area (Å²) < 4.78 is 0. The number of carbonyl (C=O) groups is 1. The molecule has 6 nitrogen and oxygen atoms in total. The number of rotatable bonds is 3. The summed E-state index contributed by atoms with van der Waals surface area (Å²) in [4.78, 5) is 18.4. The highest BCUT2D eigenvalue weighted by atomic mass is 16.4. The van der Waals surface area contributed by atoms with Gasteiger partial charge in [-0.1, -0.05) is 19.3 Å². The zero-order chi connectivity index (χ0) is 13.0. The molecule has 0 aliphatic heterocycles. The molecule has 1 aliphatic carbocycles. The van der Waals surface area contributed by atoms with Crippen molar-refractivity contribution in [2.75, 3.05) is 5.32 Å². The second-order valence-electron chi connectivity index (χ2n) is 4.55. The Balaban J connectivity index is 2.01. The van der Waals surface area contributed by atoms with Crippen molar-refractivity contribution in [3.63, 3.8) is 0 Å². The SMILES string of the molecule is O=C(O)c1cnc(N[C@@H]2CCCCC[C@H]2O)cn1. The lowest BCUT2D eigenvalue weighted by molar-refractivity contribution is 0.0690. The minimum Gasteiger partial charge on any atom is -0.476 e. The van der Waals surface area contributed by atoms with Gasteiger partial charge in [-0.15, -0.1) is 0 Å². The molecule has 1 aromatic heterocycles. The molecule has 2 rings (SSSR count). The Morgan fingerprint density at radius 2 is 2.00 bits per heavy atom. The molecule has 2 atom stereocenters. The van der Waals surface area contributed by atoms with Crippen LogP contribution in [0.25, 0.3) is 0 Å². The summed E-state index contributed by atoms with van der Waals surface area (Å²) in [6, 6.07) is -0.0301. The van der Waals surface area contributed by atoms with Crippen LogP contribution in [0.15, 0.2) is 12.4 Å². The highest BCUT2D eigenvalue weighted by Gasteiger charge is 2.21. The first-order chi connectivity index (χ1) is 8.66. The number of hydrogen-bond acceptors (Lipinski definition) is 5. The lowest BCUT2D eigenvalue weighted by Crippen LogP contribution is -2.32. The van der Waals surface area contributed by atoms with Crippen molar-refractivity contribution in [3.8, 4) is 0 Å². The van der Waals surface area contributed by atoms with Crippen LogP contribution in [-0.2, 0) is 0 Å². The number of nitrogens with one attached hydrogen (secondary N) is 1. The molecule has 0 amide bonds. The van der Waals surface area contributed by atoms with E-state index in [0.29, 0.717) is 5.82 Å². The van der Waals surface area contributed by atoms with Crippen LogP contribution in [0.4, 0.5) is 5.82 Å². The normalized spacial score (nSPS) is 24.3. The van der Waals surface area contributed by atoms with Gasteiger partial charge in [0.15, 0.2) is 5.69 Å². The molecular weight excluding hydrogens is 234 g/mol. The van der Waals surface area contributed by atoms with E-state index in [1.165, 1.54) is 12.4 Å². The molecule has 0 bridgehead atoms. The summed E-state index contributed by atoms with van der Waals surface area (Å²) in [6.45, 7) is 0. The average Bonchev–Trinajstić information content (AvgIpc) is 2.56. The van der Waals surface area contributed by atoms with Gasteiger partial charge in [-0.25, -0.2) is 14.8 Å². The van der Waals surface area contributed by atoms with E-state index in [1.807, 2.05) is 0 Å². The number of aromatic nitrogens is 2. The Morgan fingerprint density at radius 3 is 2.67 bits per heavy atom. The fourth-order valence-corrected chi connectivity index (χ4v) is 2.16. The number of hydrogen-bond donors (Lipinski definition) is 3. The summed E-state index contributed by atoms with van der Waals surface area (Å²) in [7, 11) is 0. The number of aromatic carboxylic acids is 1. The first-order valence-corrected chi connectivity index (χ1v) is 6.17. The predicted molar refractivity (Wildman–Crippen MR) is 65.5 cm³/mol. The van der Waals surface area contributed by atoms with Crippen molar-refractivity contribution in [1.82, 2.24) is 9.97 Å². The van der Waals surface area contributed by atoms with Crippen LogP contribution in [0, 0.1) is 0 Å². The van der Waals surface area contributed by atoms with Crippen molar-refractivity contribution in [3.05, 3.63) is 18.1 Å². The maximum atomic E-state index is 10.6. The molecule has 0 spiro atoms. The van der Waals surface area contributed by atoms with E-state index in [0.717, 1.165) is 32.1 Å². The summed E-state index contributed by atoms with van der Waals surface area (Å²) in [5.74, 6) is -0.588. The zero-order valence-electron chi connectivity index (χ0n) is 10.0. The maximum absolute atomic E-state index is 10.6. The second-order valence-corrected chi connectivity index (χ2v) is 4.55. The van der Waals surface area contributed by atoms with E-state index >= 15 is 0 Å². The molecule has 0 saturated heterocycles. The molecule has 1 aromatic rings. The van der Waals surface area contributed by atoms with Crippen molar-refractivity contribution in [1.29, 1.82) is 0 Å². The van der Waals surface area contributed by atoms with Crippen LogP contribution < -0.4 is 5.32 Å². The summed E-state index contributed by atoms with van der Waals surface area (Å²) in [5.41, 5.74) is -0.0815. The van der Waals surface area contributed by atoms with Crippen molar-refractivity contribution < 1.29 is 15.0 Å². The predicted octanol–water partition coefficient (Wildman–Crippen LogP) is 1.28. The molecule has 0 unspecified atom stereocenters. The summed E-state index contributed by atoms with van der Waals surface area (Å²) >= 11 is 0. The third-order valence-electron chi connectivity index (χ3n) is 3.18. The molecule has 1 aliphatic rings. The zero-order valence-corrected chi connectivity index (χ0v) is 10.0. The minimum atomic E-state index is -1.09. The van der Waals surface area contributed by atoms with Gasteiger partial charge in [-0.3, -0.25) is 0 Å². The Bertz CT molecular complexity index is 408. The van der Waals surface area contributed by atoms with Gasteiger partial charge >= 0.3 is 5.97 Å². The van der Waals surface area contributed by atoms with Crippen LogP contribution in [0.5, 0.6) is 0 Å². The lowest BCUT2D eigenvalue weighted by atomic mass is 10.1. The van der Waals surface area contributed by atoms with Gasteiger partial charge in [-0.05, 0) is 12.8 Å². The third-order valence-corrected chi connectivity index (χ3v) is 3.18. The van der Waals surface area contributed by atoms with Gasteiger partial charge in [0.25, 0.3) is 0 Å². The van der Waals surface area contributed by atoms with Crippen molar-refractivity contribution in [2.45, 2.75) is 44.2 Å². The largest absolute Gasteiger partial charge is 0.476 e. The highest BCUT2D eigenvalue weighted by Crippen LogP contribution is 2.20. The number of carboxylic acids is 1. The first kappa shape index (κ1) is 12.8. The van der Waals surface area contributed by atoms with Crippen LogP contribution in [-0.4, -0.2) is 38.3 Å². The molecule has 1 heterocycles. The second kappa shape index (κ2) is 5.77. The Labute approximate surface area is 105 Å². The maximum Gasteiger partial charge on any atom is 0.356 e. The number of aliphatic hydroxyl groups excluding tert-OH is 1. The summed E-state index contributed by atoms with van der Waals surface area (Å²) in [6.07, 6.45) is 7.17. The number of carboxylic acid groups (broad SMARTS) is 1. The van der Waals surface area contributed by atoms with Gasteiger partial charge in [-0.2, -0.15) is 0 Å². The molecule has 1 saturated carbocycles. The fourth-order valence-electron chi connectivity index (χ4n) is 2.16. The molecule has 0 aromatic carbocycles. The highest BCUT2D eigenvalue weighted by molar-refractivity contribution is 5.84. The van der Waals surface area contributed by atoms with E-state index in [-0.39, 0.29) is 17.8 Å². The van der Waals surface area contributed by atoms with Gasteiger partial charge in [0.1, 0.15) is 5.82 Å². The molecule has 98 valence electrons. The summed E-state index contributed by atoms with van der Waals surface area (Å²) in [5, 5.41) is 21.8. The molecule has 3 N–H and O–H groups in total. The number of anilines is 1. The van der Waals surface area contributed by atoms with Gasteiger partial charge < -0.3 is 15.5 Å². The van der Waals surface area contributed by atoms with E-state index in [9.17, 15) is 9.90 Å². The molecule has 0 radical (unpaired) electrons. The van der Waals surface area contributed by atoms with Crippen LogP contribution in [0.2, 0.25) is 0 Å². The Hall–Kier alpha value is -1.69. The molecule has 18 heavy (non-hydrogen) atoms. The monoisotopic (exact) mass is 251 g/mol. The number of nitrogens with zero attached hydrogens (tertiary/aromatic N) is 2. The van der Waals surface area contributed by atoms with Crippen molar-refractivity contribution >= 4 is 11.8 Å². The molecular formula is C12H17N3O3. The minimum absolute atomic E-state index is 0.0301. The first-order valence-electron chi connectivity index (χ1n) is 6.17. The van der Waals surface area contributed by atoms with Crippen LogP contribution in [0.1, 0.15) is 42.6 Å². The quantitative estimate of drug-likeness (QED) is 0.700. The standard InChI is InChI=1S/C12H17N3O3/c16-10-5-3-1-2-4-8(10)15-11-7-13-9(6-14-11)12(17)18/h6-8,10,16H,1-5H2,(H,14,15)(H,17,18)/t8-,10-/m1/s1. The smallest absolute Gasteiger partial charge is 0.356 e. The number of aliphatic hydroxyl groups is 1. The van der Waals surface area contributed by atoms with Gasteiger partial charge in [0, 0.05) is 0 Å². The molecule has 1 fully saturated rings. The lowest BCUT2D eigenvalue weighted by Gasteiger charge is -2.21. The average molecular weight is 251 g/mol. The fraction of sp³-hybridized carbons (Fsp3) is 0.583. The van der Waals surface area contributed by atoms with Crippen molar-refractivity contribution in [2.24, 2.45) is 0 Å². The van der Waals surface area contributed by atoms with Gasteiger partial charge in [0.2, 0.25) is 0 Å². The van der Waals surface area contributed by atoms with E-state index in [1.54, 1.807) is 0 Å².